The van der Waals surface area contributed by atoms with Gasteiger partial charge in [-0.25, -0.2) is 0 Å². The molecule has 2 fully saturated rings. The van der Waals surface area contributed by atoms with E-state index in [0.717, 1.165) is 24.3 Å². The fraction of sp³-hybridized carbons (Fsp3) is 0.474. The summed E-state index contributed by atoms with van der Waals surface area (Å²) < 4.78 is 1.88. The predicted octanol–water partition coefficient (Wildman–Crippen LogP) is 3.53. The molecule has 1 saturated carbocycles. The average Bonchev–Trinajstić information content (AvgIpc) is 2.92. The summed E-state index contributed by atoms with van der Waals surface area (Å²) in [6.45, 7) is 7.16. The molecule has 4 nitrogen and oxygen atoms in total. The van der Waals surface area contributed by atoms with Crippen molar-refractivity contribution in [3.8, 4) is 0 Å². The fourth-order valence-corrected chi connectivity index (χ4v) is 3.55. The first-order valence-electron chi connectivity index (χ1n) is 8.42. The lowest BCUT2D eigenvalue weighted by molar-refractivity contribution is -0.120. The van der Waals surface area contributed by atoms with Gasteiger partial charge in [0.25, 0.3) is 5.91 Å². The number of carbonyl (C=O) groups excluding carboxylic acids is 1. The van der Waals surface area contributed by atoms with Crippen molar-refractivity contribution in [2.24, 2.45) is 0 Å². The first kappa shape index (κ1) is 14.5. The normalized spacial score (nSPS) is 22.7. The van der Waals surface area contributed by atoms with Crippen molar-refractivity contribution in [3.63, 3.8) is 0 Å². The summed E-state index contributed by atoms with van der Waals surface area (Å²) in [6, 6.07) is 8.24. The highest BCUT2D eigenvalue weighted by atomic mass is 16.2. The second-order valence-corrected chi connectivity index (χ2v) is 7.38. The highest BCUT2D eigenvalue weighted by Crippen LogP contribution is 2.46. The molecular formula is C19H23N3O. The van der Waals surface area contributed by atoms with Gasteiger partial charge < -0.3 is 4.90 Å². The van der Waals surface area contributed by atoms with Crippen LogP contribution >= 0.6 is 0 Å². The van der Waals surface area contributed by atoms with Crippen LogP contribution in [0.5, 0.6) is 0 Å². The van der Waals surface area contributed by atoms with E-state index in [0.29, 0.717) is 0 Å². The average molecular weight is 309 g/mol. The molecule has 0 radical (unpaired) electrons. The quantitative estimate of drug-likeness (QED) is 0.870. The number of rotatable bonds is 3. The molecule has 1 aliphatic carbocycles. The third-order valence-electron chi connectivity index (χ3n) is 5.24. The Labute approximate surface area is 137 Å². The minimum atomic E-state index is -0.160. The monoisotopic (exact) mass is 309 g/mol. The van der Waals surface area contributed by atoms with Gasteiger partial charge in [0.2, 0.25) is 0 Å². The van der Waals surface area contributed by atoms with Crippen LogP contribution in [0.15, 0.2) is 30.5 Å². The molecule has 2 aromatic rings. The molecule has 0 spiro atoms. The van der Waals surface area contributed by atoms with Gasteiger partial charge in [0.15, 0.2) is 0 Å². The predicted molar refractivity (Wildman–Crippen MR) is 90.7 cm³/mol. The molecule has 1 aromatic carbocycles. The Balaban J connectivity index is 1.58. The van der Waals surface area contributed by atoms with Gasteiger partial charge >= 0.3 is 0 Å². The molecular weight excluding hydrogens is 286 g/mol. The van der Waals surface area contributed by atoms with E-state index in [1.54, 1.807) is 0 Å². The third kappa shape index (κ3) is 2.46. The second-order valence-electron chi connectivity index (χ2n) is 7.38. The van der Waals surface area contributed by atoms with E-state index in [9.17, 15) is 4.79 Å². The van der Waals surface area contributed by atoms with Crippen LogP contribution < -0.4 is 4.90 Å². The molecule has 4 rings (SSSR count). The maximum absolute atomic E-state index is 12.9. The topological polar surface area (TPSA) is 38.1 Å². The van der Waals surface area contributed by atoms with Crippen molar-refractivity contribution in [2.45, 2.75) is 51.5 Å². The maximum Gasteiger partial charge on any atom is 0.251 e. The summed E-state index contributed by atoms with van der Waals surface area (Å²) in [7, 11) is 0. The Morgan fingerprint density at radius 2 is 1.87 bits per heavy atom. The number of hydrogen-bond donors (Lipinski definition) is 0. The summed E-state index contributed by atoms with van der Waals surface area (Å²) >= 11 is 0. The maximum atomic E-state index is 12.9. The van der Waals surface area contributed by atoms with Gasteiger partial charge in [0, 0.05) is 23.8 Å². The van der Waals surface area contributed by atoms with Gasteiger partial charge in [-0.1, -0.05) is 13.0 Å². The van der Waals surface area contributed by atoms with E-state index in [4.69, 9.17) is 5.10 Å². The van der Waals surface area contributed by atoms with Crippen LogP contribution in [0.3, 0.4) is 0 Å². The highest BCUT2D eigenvalue weighted by molar-refractivity contribution is 5.98. The molecule has 120 valence electrons. The van der Waals surface area contributed by atoms with Crippen LogP contribution in [0.4, 0.5) is 5.69 Å². The van der Waals surface area contributed by atoms with Crippen molar-refractivity contribution < 1.29 is 4.79 Å². The molecule has 1 unspecified atom stereocenters. The Morgan fingerprint density at radius 1 is 1.17 bits per heavy atom. The Bertz CT molecular complexity index is 752. The van der Waals surface area contributed by atoms with Gasteiger partial charge in [0.1, 0.15) is 6.04 Å². The number of nitrogens with zero attached hydrogens (tertiary/aromatic N) is 3. The number of anilines is 1. The van der Waals surface area contributed by atoms with Crippen molar-refractivity contribution in [2.75, 3.05) is 11.4 Å². The number of hydrogen-bond acceptors (Lipinski definition) is 2. The van der Waals surface area contributed by atoms with E-state index in [1.165, 1.54) is 24.0 Å². The Kier molecular flexibility index (Phi) is 3.12. The Hall–Kier alpha value is -2.10. The fourth-order valence-electron chi connectivity index (χ4n) is 3.55. The van der Waals surface area contributed by atoms with Crippen LogP contribution in [0.1, 0.15) is 49.0 Å². The molecule has 1 amide bonds. The summed E-state index contributed by atoms with van der Waals surface area (Å²) in [5.41, 5.74) is 4.78. The van der Waals surface area contributed by atoms with Crippen molar-refractivity contribution in [1.29, 1.82) is 0 Å². The van der Waals surface area contributed by atoms with Gasteiger partial charge in [-0.15, -0.1) is 0 Å². The molecule has 23 heavy (non-hydrogen) atoms. The molecule has 1 saturated heterocycles. The van der Waals surface area contributed by atoms with E-state index < -0.39 is 0 Å². The van der Waals surface area contributed by atoms with E-state index in [1.807, 2.05) is 15.8 Å². The van der Waals surface area contributed by atoms with Crippen LogP contribution in [-0.4, -0.2) is 22.2 Å². The van der Waals surface area contributed by atoms with Gasteiger partial charge in [-0.3, -0.25) is 9.48 Å². The molecule has 1 aliphatic heterocycles. The zero-order valence-electron chi connectivity index (χ0n) is 14.0. The zero-order chi connectivity index (χ0) is 16.2. The molecule has 1 aromatic heterocycles. The molecule has 0 bridgehead atoms. The number of carbonyl (C=O) groups is 1. The van der Waals surface area contributed by atoms with Gasteiger partial charge in [-0.2, -0.15) is 5.10 Å². The van der Waals surface area contributed by atoms with Crippen LogP contribution in [-0.2, 0) is 10.2 Å². The number of benzene rings is 1. The Morgan fingerprint density at radius 3 is 2.52 bits per heavy atom. The summed E-state index contributed by atoms with van der Waals surface area (Å²) in [4.78, 5) is 14.8. The van der Waals surface area contributed by atoms with Crippen LogP contribution in [0.2, 0.25) is 0 Å². The summed E-state index contributed by atoms with van der Waals surface area (Å²) in [6.07, 6.45) is 5.21. The third-order valence-corrected chi connectivity index (χ3v) is 5.24. The molecule has 4 heteroatoms. The first-order chi connectivity index (χ1) is 11.0. The van der Waals surface area contributed by atoms with Crippen molar-refractivity contribution >= 4 is 11.6 Å². The SMILES string of the molecule is Cc1cc(C)cc(N2CCC(n3ccc(C4(C)CC4)n3)C2=O)c1. The largest absolute Gasteiger partial charge is 0.310 e. The van der Waals surface area contributed by atoms with Gasteiger partial charge in [-0.05, 0) is 62.4 Å². The first-order valence-corrected chi connectivity index (χ1v) is 8.42. The molecule has 2 heterocycles. The summed E-state index contributed by atoms with van der Waals surface area (Å²) in [5.74, 6) is 0.158. The van der Waals surface area contributed by atoms with Crippen molar-refractivity contribution in [3.05, 3.63) is 47.3 Å². The number of aromatic nitrogens is 2. The minimum Gasteiger partial charge on any atom is -0.310 e. The minimum absolute atomic E-state index is 0.158. The standard InChI is InChI=1S/C19H23N3O/c1-13-10-14(2)12-15(11-13)21-8-4-16(18(21)23)22-9-5-17(20-22)19(3)6-7-19/h5,9-12,16H,4,6-8H2,1-3H3. The molecule has 0 N–H and O–H groups in total. The second kappa shape index (κ2) is 4.95. The highest BCUT2D eigenvalue weighted by Gasteiger charge is 2.42. The molecule has 1 atom stereocenters. The van der Waals surface area contributed by atoms with Crippen LogP contribution in [0, 0.1) is 13.8 Å². The summed E-state index contributed by atoms with van der Waals surface area (Å²) in [5, 5.41) is 4.71. The van der Waals surface area contributed by atoms with E-state index >= 15 is 0 Å². The zero-order valence-corrected chi connectivity index (χ0v) is 14.0. The van der Waals surface area contributed by atoms with Gasteiger partial charge in [0.05, 0.1) is 5.69 Å². The lowest BCUT2D eigenvalue weighted by Crippen LogP contribution is -2.28. The lowest BCUT2D eigenvalue weighted by atomic mass is 10.1. The number of amides is 1. The smallest absolute Gasteiger partial charge is 0.251 e. The van der Waals surface area contributed by atoms with Crippen LogP contribution in [0.25, 0.3) is 0 Å². The molecule has 2 aliphatic rings. The van der Waals surface area contributed by atoms with E-state index in [2.05, 4.69) is 45.0 Å². The van der Waals surface area contributed by atoms with Crippen molar-refractivity contribution in [1.82, 2.24) is 9.78 Å². The number of aryl methyl sites for hydroxylation is 2. The van der Waals surface area contributed by atoms with E-state index in [-0.39, 0.29) is 17.4 Å². The lowest BCUT2D eigenvalue weighted by Gasteiger charge is -2.18.